The Labute approximate surface area is 160 Å². The molecule has 1 amide bonds. The number of esters is 1. The van der Waals surface area contributed by atoms with Crippen molar-refractivity contribution in [3.8, 4) is 0 Å². The maximum absolute atomic E-state index is 12.6. The van der Waals surface area contributed by atoms with Gasteiger partial charge in [0.15, 0.2) is 17.1 Å². The number of amides is 1. The SMILES string of the molecule is CC(OC(=O)CN(C)c1ccc(Cl)nn1)C(=O)N1CCc2sccc2C1. The van der Waals surface area contributed by atoms with Crippen LogP contribution in [0.5, 0.6) is 0 Å². The molecule has 3 heterocycles. The van der Waals surface area contributed by atoms with Crippen LogP contribution in [0.15, 0.2) is 23.6 Å². The predicted molar refractivity (Wildman–Crippen MR) is 99.3 cm³/mol. The van der Waals surface area contributed by atoms with Crippen molar-refractivity contribution in [3.05, 3.63) is 39.2 Å². The minimum absolute atomic E-state index is 0.0391. The Morgan fingerprint density at radius 1 is 1.38 bits per heavy atom. The molecule has 1 aliphatic rings. The summed E-state index contributed by atoms with van der Waals surface area (Å²) in [5, 5.41) is 9.95. The zero-order valence-electron chi connectivity index (χ0n) is 14.5. The number of halogens is 1. The van der Waals surface area contributed by atoms with Gasteiger partial charge in [-0.2, -0.15) is 0 Å². The topological polar surface area (TPSA) is 75.6 Å². The molecule has 0 radical (unpaired) electrons. The van der Waals surface area contributed by atoms with Crippen LogP contribution in [-0.4, -0.2) is 53.2 Å². The number of carbonyl (C=O) groups excluding carboxylic acids is 2. The van der Waals surface area contributed by atoms with Gasteiger partial charge in [0.1, 0.15) is 6.54 Å². The second kappa shape index (κ2) is 8.01. The van der Waals surface area contributed by atoms with Crippen LogP contribution in [0.3, 0.4) is 0 Å². The molecule has 7 nitrogen and oxygen atoms in total. The molecule has 2 aromatic rings. The van der Waals surface area contributed by atoms with Crippen molar-refractivity contribution in [3.63, 3.8) is 0 Å². The average Bonchev–Trinajstić information content (AvgIpc) is 3.09. The quantitative estimate of drug-likeness (QED) is 0.723. The molecule has 0 bridgehead atoms. The number of nitrogens with zero attached hydrogens (tertiary/aromatic N) is 4. The highest BCUT2D eigenvalue weighted by molar-refractivity contribution is 7.10. The Balaban J connectivity index is 1.52. The molecule has 0 N–H and O–H groups in total. The molecule has 1 atom stereocenters. The number of fused-ring (bicyclic) bond motifs is 1. The third-order valence-corrected chi connectivity index (χ3v) is 5.38. The third-order valence-electron chi connectivity index (χ3n) is 4.15. The summed E-state index contributed by atoms with van der Waals surface area (Å²) in [5.41, 5.74) is 1.18. The van der Waals surface area contributed by atoms with Gasteiger partial charge in [0.25, 0.3) is 5.91 Å². The smallest absolute Gasteiger partial charge is 0.326 e. The molecule has 1 unspecified atom stereocenters. The lowest BCUT2D eigenvalue weighted by molar-refractivity contribution is -0.158. The molecule has 9 heteroatoms. The van der Waals surface area contributed by atoms with Crippen LogP contribution in [0.4, 0.5) is 5.82 Å². The Morgan fingerprint density at radius 3 is 2.92 bits per heavy atom. The largest absolute Gasteiger partial charge is 0.451 e. The number of hydrogen-bond acceptors (Lipinski definition) is 7. The summed E-state index contributed by atoms with van der Waals surface area (Å²) < 4.78 is 5.31. The number of carbonyl (C=O) groups is 2. The van der Waals surface area contributed by atoms with E-state index in [1.807, 2.05) is 11.4 Å². The van der Waals surface area contributed by atoms with Crippen molar-refractivity contribution in [2.75, 3.05) is 25.0 Å². The van der Waals surface area contributed by atoms with Crippen LogP contribution in [0.25, 0.3) is 0 Å². The highest BCUT2D eigenvalue weighted by Gasteiger charge is 2.27. The van der Waals surface area contributed by atoms with Crippen molar-refractivity contribution in [2.45, 2.75) is 26.0 Å². The van der Waals surface area contributed by atoms with Crippen LogP contribution in [0, 0.1) is 0 Å². The van der Waals surface area contributed by atoms with Crippen molar-refractivity contribution >= 4 is 40.6 Å². The number of ether oxygens (including phenoxy) is 1. The van der Waals surface area contributed by atoms with Crippen molar-refractivity contribution in [1.82, 2.24) is 15.1 Å². The van der Waals surface area contributed by atoms with Crippen LogP contribution in [0.2, 0.25) is 5.15 Å². The van der Waals surface area contributed by atoms with E-state index < -0.39 is 12.1 Å². The fraction of sp³-hybridized carbons (Fsp3) is 0.412. The van der Waals surface area contributed by atoms with E-state index in [0.29, 0.717) is 18.9 Å². The minimum atomic E-state index is -0.826. The Kier molecular flexibility index (Phi) is 5.73. The first-order chi connectivity index (χ1) is 12.4. The van der Waals surface area contributed by atoms with E-state index in [0.717, 1.165) is 6.42 Å². The van der Waals surface area contributed by atoms with Crippen molar-refractivity contribution in [2.24, 2.45) is 0 Å². The standard InChI is InChI=1S/C17H19ClN4O3S/c1-11(17(24)22-7-5-13-12(9-22)6-8-26-13)25-16(23)10-21(2)15-4-3-14(18)19-20-15/h3-4,6,8,11H,5,7,9-10H2,1-2H3. The van der Waals surface area contributed by atoms with Gasteiger partial charge < -0.3 is 14.5 Å². The first-order valence-electron chi connectivity index (χ1n) is 8.18. The van der Waals surface area contributed by atoms with Gasteiger partial charge in [-0.25, -0.2) is 0 Å². The third kappa shape index (κ3) is 4.31. The van der Waals surface area contributed by atoms with Crippen molar-refractivity contribution < 1.29 is 14.3 Å². The average molecular weight is 395 g/mol. The van der Waals surface area contributed by atoms with E-state index in [4.69, 9.17) is 16.3 Å². The van der Waals surface area contributed by atoms with E-state index >= 15 is 0 Å². The van der Waals surface area contributed by atoms with Gasteiger partial charge in [0.2, 0.25) is 0 Å². The Bertz CT molecular complexity index is 796. The van der Waals surface area contributed by atoms with Crippen LogP contribution < -0.4 is 4.90 Å². The van der Waals surface area contributed by atoms with Gasteiger partial charge in [0.05, 0.1) is 0 Å². The first-order valence-corrected chi connectivity index (χ1v) is 9.43. The van der Waals surface area contributed by atoms with Crippen LogP contribution >= 0.6 is 22.9 Å². The fourth-order valence-electron chi connectivity index (χ4n) is 2.77. The number of hydrogen-bond donors (Lipinski definition) is 0. The summed E-state index contributed by atoms with van der Waals surface area (Å²) in [6.07, 6.45) is 0.0181. The predicted octanol–water partition coefficient (Wildman–Crippen LogP) is 2.14. The summed E-state index contributed by atoms with van der Waals surface area (Å²) in [6.45, 7) is 2.78. The molecule has 0 spiro atoms. The number of anilines is 1. The van der Waals surface area contributed by atoms with Gasteiger partial charge in [-0.3, -0.25) is 9.59 Å². The molecule has 26 heavy (non-hydrogen) atoms. The van der Waals surface area contributed by atoms with Crippen LogP contribution in [0.1, 0.15) is 17.4 Å². The van der Waals surface area contributed by atoms with Gasteiger partial charge in [0, 0.05) is 25.0 Å². The molecular formula is C17H19ClN4O3S. The lowest BCUT2D eigenvalue weighted by Crippen LogP contribution is -2.43. The highest BCUT2D eigenvalue weighted by atomic mass is 35.5. The van der Waals surface area contributed by atoms with Gasteiger partial charge >= 0.3 is 5.97 Å². The summed E-state index contributed by atoms with van der Waals surface area (Å²) in [4.78, 5) is 29.3. The Hall–Kier alpha value is -2.19. The molecule has 0 aromatic carbocycles. The molecule has 3 rings (SSSR count). The summed E-state index contributed by atoms with van der Waals surface area (Å²) in [6, 6.07) is 5.29. The monoisotopic (exact) mass is 394 g/mol. The molecule has 0 saturated carbocycles. The summed E-state index contributed by atoms with van der Waals surface area (Å²) in [7, 11) is 1.69. The maximum Gasteiger partial charge on any atom is 0.326 e. The molecule has 1 aliphatic heterocycles. The minimum Gasteiger partial charge on any atom is -0.451 e. The number of aromatic nitrogens is 2. The molecule has 138 valence electrons. The Morgan fingerprint density at radius 2 is 2.19 bits per heavy atom. The number of rotatable bonds is 5. The summed E-state index contributed by atoms with van der Waals surface area (Å²) >= 11 is 7.41. The molecular weight excluding hydrogens is 376 g/mol. The molecule has 0 fully saturated rings. The number of thiophene rings is 1. The zero-order chi connectivity index (χ0) is 18.7. The lowest BCUT2D eigenvalue weighted by atomic mass is 10.1. The van der Waals surface area contributed by atoms with E-state index in [9.17, 15) is 9.59 Å². The maximum atomic E-state index is 12.6. The first kappa shape index (κ1) is 18.6. The zero-order valence-corrected chi connectivity index (χ0v) is 16.1. The molecule has 0 saturated heterocycles. The number of likely N-dealkylation sites (N-methyl/N-ethyl adjacent to an activating group) is 1. The van der Waals surface area contributed by atoms with E-state index in [-0.39, 0.29) is 17.6 Å². The van der Waals surface area contributed by atoms with Crippen LogP contribution in [-0.2, 0) is 27.3 Å². The van der Waals surface area contributed by atoms with Gasteiger partial charge in [-0.05, 0) is 42.5 Å². The van der Waals surface area contributed by atoms with Gasteiger partial charge in [-0.1, -0.05) is 11.6 Å². The highest BCUT2D eigenvalue weighted by Crippen LogP contribution is 2.24. The summed E-state index contributed by atoms with van der Waals surface area (Å²) in [5.74, 6) is -0.186. The van der Waals surface area contributed by atoms with Gasteiger partial charge in [-0.15, -0.1) is 21.5 Å². The fourth-order valence-corrected chi connectivity index (χ4v) is 3.76. The lowest BCUT2D eigenvalue weighted by Gasteiger charge is -2.29. The van der Waals surface area contributed by atoms with E-state index in [2.05, 4.69) is 10.2 Å². The van der Waals surface area contributed by atoms with E-state index in [1.54, 1.807) is 47.2 Å². The van der Waals surface area contributed by atoms with Crippen molar-refractivity contribution in [1.29, 1.82) is 0 Å². The second-order valence-corrected chi connectivity index (χ2v) is 7.47. The normalized spacial score (nSPS) is 14.5. The molecule has 0 aliphatic carbocycles. The second-order valence-electron chi connectivity index (χ2n) is 6.08. The molecule has 2 aromatic heterocycles. The van der Waals surface area contributed by atoms with E-state index in [1.165, 1.54) is 10.4 Å².